The van der Waals surface area contributed by atoms with Gasteiger partial charge in [-0.05, 0) is 30.7 Å². The average molecular weight is 353 g/mol. The first-order valence-corrected chi connectivity index (χ1v) is 8.97. The minimum absolute atomic E-state index is 0.0993. The molecule has 0 aliphatic carbocycles. The van der Waals surface area contributed by atoms with E-state index in [0.717, 1.165) is 54.0 Å². The van der Waals surface area contributed by atoms with E-state index in [9.17, 15) is 4.39 Å². The molecular weight excluding hydrogens is 333 g/mol. The Morgan fingerprint density at radius 3 is 2.92 bits per heavy atom. The lowest BCUT2D eigenvalue weighted by Gasteiger charge is -2.24. The maximum atomic E-state index is 14.0. The summed E-state index contributed by atoms with van der Waals surface area (Å²) in [4.78, 5) is 3.45. The molecule has 0 radical (unpaired) electrons. The van der Waals surface area contributed by atoms with Crippen LogP contribution in [0.15, 0.2) is 36.4 Å². The van der Waals surface area contributed by atoms with Crippen LogP contribution in [-0.2, 0) is 11.2 Å². The van der Waals surface area contributed by atoms with Crippen LogP contribution >= 0.6 is 0 Å². The molecule has 0 saturated carbocycles. The lowest BCUT2D eigenvalue weighted by Crippen LogP contribution is -2.33. The highest BCUT2D eigenvalue weighted by molar-refractivity contribution is 5.88. The van der Waals surface area contributed by atoms with Crippen LogP contribution in [0.2, 0.25) is 0 Å². The molecule has 2 aliphatic heterocycles. The number of fused-ring (bicyclic) bond motifs is 2. The van der Waals surface area contributed by atoms with Crippen molar-refractivity contribution < 1.29 is 13.9 Å². The molecule has 0 bridgehead atoms. The Labute approximate surface area is 150 Å². The van der Waals surface area contributed by atoms with Crippen LogP contribution in [0.25, 0.3) is 10.9 Å². The zero-order valence-corrected chi connectivity index (χ0v) is 14.3. The van der Waals surface area contributed by atoms with Gasteiger partial charge in [-0.2, -0.15) is 0 Å². The lowest BCUT2D eigenvalue weighted by atomic mass is 10.1. The van der Waals surface area contributed by atoms with E-state index in [1.807, 2.05) is 24.3 Å². The van der Waals surface area contributed by atoms with Crippen LogP contribution in [0.1, 0.15) is 17.4 Å². The van der Waals surface area contributed by atoms with Gasteiger partial charge in [0.1, 0.15) is 17.7 Å². The van der Waals surface area contributed by atoms with E-state index in [1.165, 1.54) is 6.07 Å². The number of rotatable bonds is 3. The van der Waals surface area contributed by atoms with Gasteiger partial charge in [0.25, 0.3) is 0 Å². The van der Waals surface area contributed by atoms with Gasteiger partial charge in [0, 0.05) is 36.1 Å². The molecule has 0 amide bonds. The summed E-state index contributed by atoms with van der Waals surface area (Å²) in [5.41, 5.74) is 3.37. The fourth-order valence-corrected chi connectivity index (χ4v) is 3.78. The molecule has 6 heteroatoms. The van der Waals surface area contributed by atoms with Gasteiger partial charge in [0.15, 0.2) is 5.75 Å². The molecule has 1 saturated heterocycles. The molecular formula is C20H20FN3O2. The quantitative estimate of drug-likeness (QED) is 0.672. The Bertz CT molecular complexity index is 963. The molecule has 3 N–H and O–H groups in total. The largest absolute Gasteiger partial charge is 0.454 e. The number of para-hydroxylation sites is 1. The molecule has 5 nitrogen and oxygen atoms in total. The van der Waals surface area contributed by atoms with Crippen LogP contribution in [0.3, 0.4) is 0 Å². The Hall–Kier alpha value is -2.57. The highest BCUT2D eigenvalue weighted by Crippen LogP contribution is 2.42. The number of nitrogens with one attached hydrogen (secondary N) is 3. The third-order valence-corrected chi connectivity index (χ3v) is 5.04. The minimum atomic E-state index is -0.233. The number of hydrogen-bond acceptors (Lipinski definition) is 4. The topological polar surface area (TPSA) is 58.3 Å². The van der Waals surface area contributed by atoms with Crippen LogP contribution in [0.4, 0.5) is 10.1 Å². The number of aromatic nitrogens is 1. The predicted octanol–water partition coefficient (Wildman–Crippen LogP) is 3.73. The number of halogens is 1. The summed E-state index contributed by atoms with van der Waals surface area (Å²) >= 11 is 0. The van der Waals surface area contributed by atoms with Gasteiger partial charge in [0.2, 0.25) is 0 Å². The van der Waals surface area contributed by atoms with Crippen molar-refractivity contribution in [2.45, 2.75) is 12.5 Å². The number of H-pyrrole nitrogens is 1. The van der Waals surface area contributed by atoms with Gasteiger partial charge < -0.3 is 25.1 Å². The van der Waals surface area contributed by atoms with Gasteiger partial charge in [-0.25, -0.2) is 4.39 Å². The molecule has 0 unspecified atom stereocenters. The third-order valence-electron chi connectivity index (χ3n) is 5.04. The summed E-state index contributed by atoms with van der Waals surface area (Å²) in [5, 5.41) is 7.46. The normalized spacial score (nSPS) is 19.3. The lowest BCUT2D eigenvalue weighted by molar-refractivity contribution is 0.0243. The standard InChI is InChI=1S/C20H20FN3O2/c21-14-5-6-16(13-7-8-23-18(13)14)26-20-12-3-1-2-4-15(12)24-19(20)17-11-22-9-10-25-17/h1-6,17,22-24H,7-11H2/t17-/m0/s1. The number of hydrogen-bond donors (Lipinski definition) is 3. The van der Waals surface area contributed by atoms with Crippen molar-refractivity contribution in [3.63, 3.8) is 0 Å². The molecule has 5 rings (SSSR count). The highest BCUT2D eigenvalue weighted by atomic mass is 19.1. The van der Waals surface area contributed by atoms with Crippen molar-refractivity contribution >= 4 is 16.6 Å². The van der Waals surface area contributed by atoms with Gasteiger partial charge in [-0.3, -0.25) is 0 Å². The van der Waals surface area contributed by atoms with E-state index < -0.39 is 0 Å². The Morgan fingerprint density at radius 2 is 2.04 bits per heavy atom. The second-order valence-corrected chi connectivity index (χ2v) is 6.65. The van der Waals surface area contributed by atoms with Crippen molar-refractivity contribution in [3.05, 3.63) is 53.5 Å². The van der Waals surface area contributed by atoms with Crippen LogP contribution in [-0.4, -0.2) is 31.2 Å². The Morgan fingerprint density at radius 1 is 1.12 bits per heavy atom. The third kappa shape index (κ3) is 2.53. The number of benzene rings is 2. The molecule has 1 atom stereocenters. The molecule has 1 aromatic heterocycles. The predicted molar refractivity (Wildman–Crippen MR) is 98.5 cm³/mol. The van der Waals surface area contributed by atoms with Crippen molar-refractivity contribution in [1.29, 1.82) is 0 Å². The molecule has 3 heterocycles. The van der Waals surface area contributed by atoms with Gasteiger partial charge in [-0.15, -0.1) is 0 Å². The van der Waals surface area contributed by atoms with E-state index in [2.05, 4.69) is 15.6 Å². The highest BCUT2D eigenvalue weighted by Gasteiger charge is 2.26. The fraction of sp³-hybridized carbons (Fsp3) is 0.300. The molecule has 1 fully saturated rings. The molecule has 2 aromatic carbocycles. The number of anilines is 1. The summed E-state index contributed by atoms with van der Waals surface area (Å²) in [5.74, 6) is 1.22. The van der Waals surface area contributed by atoms with E-state index in [4.69, 9.17) is 9.47 Å². The van der Waals surface area contributed by atoms with E-state index >= 15 is 0 Å². The second-order valence-electron chi connectivity index (χ2n) is 6.65. The van der Waals surface area contributed by atoms with Gasteiger partial charge >= 0.3 is 0 Å². The summed E-state index contributed by atoms with van der Waals surface area (Å²) in [7, 11) is 0. The first kappa shape index (κ1) is 15.7. The first-order valence-electron chi connectivity index (χ1n) is 8.97. The molecule has 0 spiro atoms. The molecule has 2 aliphatic rings. The van der Waals surface area contributed by atoms with Crippen LogP contribution in [0.5, 0.6) is 11.5 Å². The van der Waals surface area contributed by atoms with Crippen molar-refractivity contribution in [2.75, 3.05) is 31.6 Å². The minimum Gasteiger partial charge on any atom is -0.454 e. The van der Waals surface area contributed by atoms with E-state index in [-0.39, 0.29) is 11.9 Å². The summed E-state index contributed by atoms with van der Waals surface area (Å²) in [6, 6.07) is 11.2. The Balaban J connectivity index is 1.61. The zero-order valence-electron chi connectivity index (χ0n) is 14.3. The summed E-state index contributed by atoms with van der Waals surface area (Å²) in [6.45, 7) is 2.97. The van der Waals surface area contributed by atoms with Crippen LogP contribution < -0.4 is 15.4 Å². The summed E-state index contributed by atoms with van der Waals surface area (Å²) in [6.07, 6.45) is 0.652. The van der Waals surface area contributed by atoms with E-state index in [1.54, 1.807) is 6.07 Å². The monoisotopic (exact) mass is 353 g/mol. The smallest absolute Gasteiger partial charge is 0.158 e. The molecule has 134 valence electrons. The first-order chi connectivity index (χ1) is 12.8. The van der Waals surface area contributed by atoms with E-state index in [0.29, 0.717) is 18.0 Å². The second kappa shape index (κ2) is 6.30. The maximum absolute atomic E-state index is 14.0. The zero-order chi connectivity index (χ0) is 17.5. The Kier molecular flexibility index (Phi) is 3.80. The maximum Gasteiger partial charge on any atom is 0.158 e. The number of morpholine rings is 1. The van der Waals surface area contributed by atoms with Gasteiger partial charge in [-0.1, -0.05) is 12.1 Å². The van der Waals surface area contributed by atoms with Crippen molar-refractivity contribution in [2.24, 2.45) is 0 Å². The SMILES string of the molecule is Fc1ccc(Oc2c([C@@H]3CNCCO3)[nH]c3ccccc23)c2c1NCC2. The van der Waals surface area contributed by atoms with Crippen molar-refractivity contribution in [1.82, 2.24) is 10.3 Å². The number of ether oxygens (including phenoxy) is 2. The van der Waals surface area contributed by atoms with Crippen LogP contribution in [0, 0.1) is 5.82 Å². The molecule has 3 aromatic rings. The fourth-order valence-electron chi connectivity index (χ4n) is 3.78. The summed E-state index contributed by atoms with van der Waals surface area (Å²) < 4.78 is 26.3. The van der Waals surface area contributed by atoms with Gasteiger partial charge in [0.05, 0.1) is 18.0 Å². The molecule has 26 heavy (non-hydrogen) atoms. The average Bonchev–Trinajstić information content (AvgIpc) is 3.31. The van der Waals surface area contributed by atoms with Crippen molar-refractivity contribution in [3.8, 4) is 11.5 Å². The number of aromatic amines is 1.